The number of nitrogens with one attached hydrogen (secondary N) is 1. The average molecular weight is 457 g/mol. The molecule has 1 N–H and O–H groups in total. The molecule has 1 heterocycles. The van der Waals surface area contributed by atoms with E-state index in [1.54, 1.807) is 19.2 Å². The van der Waals surface area contributed by atoms with Crippen LogP contribution in [0.15, 0.2) is 54.6 Å². The number of halogens is 4. The van der Waals surface area contributed by atoms with Gasteiger partial charge >= 0.3 is 6.03 Å². The predicted molar refractivity (Wildman–Crippen MR) is 113 cm³/mol. The first-order valence-corrected chi connectivity index (χ1v) is 10.0. The van der Waals surface area contributed by atoms with E-state index >= 15 is 0 Å². The van der Waals surface area contributed by atoms with Crippen molar-refractivity contribution in [2.45, 2.75) is 19.6 Å². The number of rotatable bonds is 5. The zero-order valence-corrected chi connectivity index (χ0v) is 17.5. The summed E-state index contributed by atoms with van der Waals surface area (Å²) in [7, 11) is 1.60. The van der Waals surface area contributed by atoms with Crippen LogP contribution in [0.1, 0.15) is 27.0 Å². The second-order valence-corrected chi connectivity index (χ2v) is 7.76. The molecule has 9 heteroatoms. The lowest BCUT2D eigenvalue weighted by molar-refractivity contribution is 0.0950. The second kappa shape index (κ2) is 8.93. The van der Waals surface area contributed by atoms with Gasteiger partial charge in [0.1, 0.15) is 23.3 Å². The Labute approximate surface area is 187 Å². The average Bonchev–Trinajstić information content (AvgIpc) is 2.75. The Balaban J connectivity index is 1.59. The molecule has 0 aromatic heterocycles. The van der Waals surface area contributed by atoms with Crippen molar-refractivity contribution < 1.29 is 27.2 Å². The van der Waals surface area contributed by atoms with Crippen LogP contribution in [0.4, 0.5) is 28.0 Å². The molecule has 3 amide bonds. The highest BCUT2D eigenvalue weighted by atomic mass is 19.1. The van der Waals surface area contributed by atoms with Gasteiger partial charge in [-0.25, -0.2) is 22.4 Å². The van der Waals surface area contributed by atoms with Crippen molar-refractivity contribution >= 4 is 17.6 Å². The summed E-state index contributed by atoms with van der Waals surface area (Å²) in [6, 6.07) is 10.5. The zero-order chi connectivity index (χ0) is 23.7. The maximum atomic E-state index is 13.8. The molecule has 33 heavy (non-hydrogen) atoms. The highest BCUT2D eigenvalue weighted by Crippen LogP contribution is 2.31. The number of anilines is 1. The predicted octanol–water partition coefficient (Wildman–Crippen LogP) is 4.75. The van der Waals surface area contributed by atoms with Crippen molar-refractivity contribution in [2.75, 3.05) is 11.9 Å². The summed E-state index contributed by atoms with van der Waals surface area (Å²) in [5.41, 5.74) is 1.76. The van der Waals surface area contributed by atoms with Gasteiger partial charge in [-0.15, -0.1) is 0 Å². The first kappa shape index (κ1) is 22.3. The largest absolute Gasteiger partial charge is 0.348 e. The number of benzene rings is 3. The minimum atomic E-state index is -0.775. The van der Waals surface area contributed by atoms with Gasteiger partial charge < -0.3 is 10.2 Å². The van der Waals surface area contributed by atoms with E-state index in [1.165, 1.54) is 21.9 Å². The van der Waals surface area contributed by atoms with E-state index in [9.17, 15) is 27.2 Å². The molecule has 0 fully saturated rings. The van der Waals surface area contributed by atoms with Crippen LogP contribution in [0.3, 0.4) is 0 Å². The fourth-order valence-electron chi connectivity index (χ4n) is 3.70. The Morgan fingerprint density at radius 2 is 1.67 bits per heavy atom. The van der Waals surface area contributed by atoms with Gasteiger partial charge in [0.05, 0.1) is 12.2 Å². The highest BCUT2D eigenvalue weighted by Gasteiger charge is 2.29. The van der Waals surface area contributed by atoms with Crippen molar-refractivity contribution in [3.8, 4) is 0 Å². The Bertz CT molecular complexity index is 1230. The first-order valence-electron chi connectivity index (χ1n) is 10.0. The fourth-order valence-corrected chi connectivity index (χ4v) is 3.70. The number of carbonyl (C=O) groups is 2. The van der Waals surface area contributed by atoms with Gasteiger partial charge in [0.15, 0.2) is 0 Å². The van der Waals surface area contributed by atoms with E-state index in [0.29, 0.717) is 12.2 Å². The summed E-state index contributed by atoms with van der Waals surface area (Å²) in [6.45, 7) is 0.0393. The van der Waals surface area contributed by atoms with Crippen molar-refractivity contribution in [3.05, 3.63) is 100 Å². The van der Waals surface area contributed by atoms with Crippen molar-refractivity contribution in [3.63, 3.8) is 0 Å². The van der Waals surface area contributed by atoms with E-state index in [2.05, 4.69) is 5.32 Å². The van der Waals surface area contributed by atoms with Crippen LogP contribution in [0, 0.1) is 23.3 Å². The van der Waals surface area contributed by atoms with Crippen molar-refractivity contribution in [2.24, 2.45) is 0 Å². The van der Waals surface area contributed by atoms with E-state index < -0.39 is 35.2 Å². The number of hydrogen-bond donors (Lipinski definition) is 1. The molecule has 4 rings (SSSR count). The lowest BCUT2D eigenvalue weighted by Gasteiger charge is -2.35. The molecule has 0 saturated heterocycles. The standard InChI is InChI=1S/C24H19F4N3O2/c1-30-13-17-3-2-15(23(32)29-11-16-4-5-18(25)10-21(16)28)8-22(17)31(24(30)33)12-14-6-19(26)9-20(27)7-14/h2-10H,11-13H2,1H3,(H,29,32). The topological polar surface area (TPSA) is 52.7 Å². The Hall–Kier alpha value is -3.88. The van der Waals surface area contributed by atoms with Crippen LogP contribution >= 0.6 is 0 Å². The molecule has 0 bridgehead atoms. The molecule has 0 spiro atoms. The van der Waals surface area contributed by atoms with Crippen molar-refractivity contribution in [1.82, 2.24) is 10.2 Å². The number of carbonyl (C=O) groups excluding carboxylic acids is 2. The molecule has 1 aliphatic heterocycles. The molecule has 0 atom stereocenters. The minimum absolute atomic E-state index is 0.100. The third-order valence-corrected chi connectivity index (χ3v) is 5.32. The van der Waals surface area contributed by atoms with Crippen LogP contribution in [0.5, 0.6) is 0 Å². The van der Waals surface area contributed by atoms with Gasteiger partial charge in [-0.1, -0.05) is 12.1 Å². The van der Waals surface area contributed by atoms with Gasteiger partial charge in [0.25, 0.3) is 5.91 Å². The normalized spacial score (nSPS) is 13.2. The lowest BCUT2D eigenvalue weighted by atomic mass is 10.0. The smallest absolute Gasteiger partial charge is 0.324 e. The number of fused-ring (bicyclic) bond motifs is 1. The van der Waals surface area contributed by atoms with Gasteiger partial charge in [-0.2, -0.15) is 0 Å². The third-order valence-electron chi connectivity index (χ3n) is 5.32. The third kappa shape index (κ3) is 4.82. The van der Waals surface area contributed by atoms with Gasteiger partial charge in [0.2, 0.25) is 0 Å². The fraction of sp³-hybridized carbons (Fsp3) is 0.167. The lowest BCUT2D eigenvalue weighted by Crippen LogP contribution is -2.45. The summed E-state index contributed by atoms with van der Waals surface area (Å²) in [6.07, 6.45) is 0. The van der Waals surface area contributed by atoms with Crippen LogP contribution in [0.2, 0.25) is 0 Å². The van der Waals surface area contributed by atoms with Crippen LogP contribution in [0.25, 0.3) is 0 Å². The molecule has 5 nitrogen and oxygen atoms in total. The molecular formula is C24H19F4N3O2. The van der Waals surface area contributed by atoms with Gasteiger partial charge in [0, 0.05) is 43.4 Å². The van der Waals surface area contributed by atoms with Crippen LogP contribution < -0.4 is 10.2 Å². The Kier molecular flexibility index (Phi) is 6.04. The van der Waals surface area contributed by atoms with E-state index in [0.717, 1.165) is 35.9 Å². The van der Waals surface area contributed by atoms with Crippen LogP contribution in [-0.4, -0.2) is 23.9 Å². The second-order valence-electron chi connectivity index (χ2n) is 7.76. The minimum Gasteiger partial charge on any atom is -0.348 e. The maximum absolute atomic E-state index is 13.8. The number of nitrogens with zero attached hydrogens (tertiary/aromatic N) is 2. The number of urea groups is 1. The SMILES string of the molecule is CN1Cc2ccc(C(=O)NCc3ccc(F)cc3F)cc2N(Cc2cc(F)cc(F)c2)C1=O. The summed E-state index contributed by atoms with van der Waals surface area (Å²) >= 11 is 0. The molecule has 170 valence electrons. The van der Waals surface area contributed by atoms with Gasteiger partial charge in [-0.3, -0.25) is 9.69 Å². The molecule has 0 radical (unpaired) electrons. The Morgan fingerprint density at radius 1 is 0.939 bits per heavy atom. The summed E-state index contributed by atoms with van der Waals surface area (Å²) < 4.78 is 54.2. The molecule has 0 aliphatic carbocycles. The maximum Gasteiger partial charge on any atom is 0.324 e. The molecule has 3 aromatic carbocycles. The van der Waals surface area contributed by atoms with Crippen molar-refractivity contribution in [1.29, 1.82) is 0 Å². The van der Waals surface area contributed by atoms with Crippen LogP contribution in [-0.2, 0) is 19.6 Å². The quantitative estimate of drug-likeness (QED) is 0.563. The number of hydrogen-bond acceptors (Lipinski definition) is 2. The summed E-state index contributed by atoms with van der Waals surface area (Å²) in [4.78, 5) is 28.3. The monoisotopic (exact) mass is 457 g/mol. The molecule has 1 aliphatic rings. The van der Waals surface area contributed by atoms with E-state index in [-0.39, 0.29) is 29.8 Å². The molecule has 3 aromatic rings. The first-order chi connectivity index (χ1) is 15.7. The molecule has 0 unspecified atom stereocenters. The zero-order valence-electron chi connectivity index (χ0n) is 17.5. The summed E-state index contributed by atoms with van der Waals surface area (Å²) in [5, 5.41) is 2.57. The Morgan fingerprint density at radius 3 is 2.36 bits per heavy atom. The van der Waals surface area contributed by atoms with E-state index in [1.807, 2.05) is 0 Å². The number of amides is 3. The van der Waals surface area contributed by atoms with E-state index in [4.69, 9.17) is 0 Å². The molecule has 0 saturated carbocycles. The van der Waals surface area contributed by atoms with Gasteiger partial charge in [-0.05, 0) is 41.5 Å². The molecular weight excluding hydrogens is 438 g/mol. The summed E-state index contributed by atoms with van der Waals surface area (Å²) in [5.74, 6) is -3.54. The highest BCUT2D eigenvalue weighted by molar-refractivity contribution is 5.99.